The minimum absolute atomic E-state index is 0.430. The molecule has 0 radical (unpaired) electrons. The first-order valence-corrected chi connectivity index (χ1v) is 10.5. The Morgan fingerprint density at radius 1 is 0.862 bits per heavy atom. The molecule has 5 nitrogen and oxygen atoms in total. The third kappa shape index (κ3) is 3.74. The van der Waals surface area contributed by atoms with Crippen molar-refractivity contribution in [3.05, 3.63) is 36.4 Å². The Labute approximate surface area is 171 Å². The maximum atomic E-state index is 6.07. The minimum Gasteiger partial charge on any atom is -0.489 e. The topological polar surface area (TPSA) is 49.2 Å². The van der Waals surface area contributed by atoms with Gasteiger partial charge in [0.1, 0.15) is 5.52 Å². The Bertz CT molecular complexity index is 1160. The zero-order valence-corrected chi connectivity index (χ0v) is 17.9. The number of hydrogen-bond donors (Lipinski definition) is 0. The van der Waals surface area contributed by atoms with E-state index in [1.165, 1.54) is 0 Å². The van der Waals surface area contributed by atoms with E-state index in [4.69, 9.17) is 19.4 Å². The molecule has 0 fully saturated rings. The number of nitrogens with zero attached hydrogens (tertiary/aromatic N) is 3. The largest absolute Gasteiger partial charge is 0.489 e. The normalized spacial score (nSPS) is 12.0. The lowest BCUT2D eigenvalue weighted by atomic mass is 10.2. The highest BCUT2D eigenvalue weighted by atomic mass is 16.5. The molecule has 5 heteroatoms. The van der Waals surface area contributed by atoms with Crippen molar-refractivity contribution in [1.29, 1.82) is 0 Å². The molecule has 0 amide bonds. The predicted octanol–water partition coefficient (Wildman–Crippen LogP) is 5.83. The van der Waals surface area contributed by atoms with E-state index in [0.717, 1.165) is 51.1 Å². The van der Waals surface area contributed by atoms with E-state index >= 15 is 0 Å². The number of hydrogen-bond acceptors (Lipinski definition) is 4. The van der Waals surface area contributed by atoms with Crippen LogP contribution in [0.15, 0.2) is 36.4 Å². The summed E-state index contributed by atoms with van der Waals surface area (Å²) < 4.78 is 14.4. The summed E-state index contributed by atoms with van der Waals surface area (Å²) in [6, 6.07) is 12.3. The molecule has 2 aromatic carbocycles. The quantitative estimate of drug-likeness (QED) is 0.398. The second-order valence-corrected chi connectivity index (χ2v) is 8.35. The summed E-state index contributed by atoms with van der Waals surface area (Å²) in [5.41, 5.74) is 4.65. The molecule has 4 rings (SSSR count). The van der Waals surface area contributed by atoms with Crippen LogP contribution >= 0.6 is 0 Å². The van der Waals surface area contributed by atoms with Gasteiger partial charge >= 0.3 is 0 Å². The monoisotopic (exact) mass is 391 g/mol. The van der Waals surface area contributed by atoms with E-state index in [0.29, 0.717) is 25.0 Å². The molecule has 0 atom stereocenters. The number of fused-ring (bicyclic) bond motifs is 4. The van der Waals surface area contributed by atoms with Crippen molar-refractivity contribution in [1.82, 2.24) is 14.5 Å². The summed E-state index contributed by atoms with van der Waals surface area (Å²) in [4.78, 5) is 9.95. The van der Waals surface area contributed by atoms with Gasteiger partial charge in [-0.1, -0.05) is 45.9 Å². The Balaban J connectivity index is 1.91. The molecule has 0 bridgehead atoms. The fourth-order valence-corrected chi connectivity index (χ4v) is 3.51. The van der Waals surface area contributed by atoms with Crippen molar-refractivity contribution in [2.24, 2.45) is 11.8 Å². The number of para-hydroxylation sites is 1. The second-order valence-electron chi connectivity index (χ2n) is 8.35. The fraction of sp³-hybridized carbons (Fsp3) is 0.417. The first-order valence-electron chi connectivity index (χ1n) is 10.5. The smallest absolute Gasteiger partial charge is 0.163 e. The van der Waals surface area contributed by atoms with Crippen molar-refractivity contribution >= 4 is 33.1 Å². The van der Waals surface area contributed by atoms with Crippen LogP contribution in [-0.4, -0.2) is 27.7 Å². The standard InChI is InChI=1S/C24H29N3O2/c1-6-27-20-10-8-7-9-17(20)23-24(27)26-19-12-22(29-14-16(4)5)21(11-18(19)25-23)28-13-15(2)3/h7-12,15-16H,6,13-14H2,1-5H3. The first kappa shape index (κ1) is 19.5. The third-order valence-electron chi connectivity index (χ3n) is 4.88. The van der Waals surface area contributed by atoms with Crippen LogP contribution in [0.2, 0.25) is 0 Å². The van der Waals surface area contributed by atoms with E-state index in [1.54, 1.807) is 0 Å². The highest BCUT2D eigenvalue weighted by Gasteiger charge is 2.16. The van der Waals surface area contributed by atoms with Gasteiger partial charge in [-0.25, -0.2) is 9.97 Å². The number of benzene rings is 2. The summed E-state index contributed by atoms with van der Waals surface area (Å²) in [5, 5.41) is 1.13. The number of ether oxygens (including phenoxy) is 2. The number of aryl methyl sites for hydroxylation is 1. The van der Waals surface area contributed by atoms with E-state index in [9.17, 15) is 0 Å². The van der Waals surface area contributed by atoms with Gasteiger partial charge in [-0.05, 0) is 24.8 Å². The molecule has 0 N–H and O–H groups in total. The van der Waals surface area contributed by atoms with Crippen molar-refractivity contribution in [3.63, 3.8) is 0 Å². The van der Waals surface area contributed by atoms with Gasteiger partial charge in [0.15, 0.2) is 17.1 Å². The van der Waals surface area contributed by atoms with Crippen molar-refractivity contribution < 1.29 is 9.47 Å². The number of aromatic nitrogens is 3. The van der Waals surface area contributed by atoms with Gasteiger partial charge in [0.2, 0.25) is 0 Å². The molecular formula is C24H29N3O2. The Morgan fingerprint density at radius 3 is 2.03 bits per heavy atom. The molecule has 29 heavy (non-hydrogen) atoms. The van der Waals surface area contributed by atoms with Gasteiger partial charge in [0, 0.05) is 24.1 Å². The molecule has 2 aromatic heterocycles. The first-order chi connectivity index (χ1) is 14.0. The molecule has 0 aliphatic rings. The van der Waals surface area contributed by atoms with E-state index in [1.807, 2.05) is 18.2 Å². The molecule has 0 aliphatic carbocycles. The van der Waals surface area contributed by atoms with Gasteiger partial charge in [-0.3, -0.25) is 0 Å². The molecule has 0 aliphatic heterocycles. The molecule has 0 unspecified atom stereocenters. The van der Waals surface area contributed by atoms with E-state index in [2.05, 4.69) is 57.4 Å². The van der Waals surface area contributed by atoms with Crippen LogP contribution in [0.5, 0.6) is 11.5 Å². The Morgan fingerprint density at radius 2 is 1.45 bits per heavy atom. The summed E-state index contributed by atoms with van der Waals surface area (Å²) in [7, 11) is 0. The van der Waals surface area contributed by atoms with Crippen LogP contribution in [0.3, 0.4) is 0 Å². The SMILES string of the molecule is CCn1c2ccccc2c2nc3cc(OCC(C)C)c(OCC(C)C)cc3nc21. The van der Waals surface area contributed by atoms with Gasteiger partial charge in [0.25, 0.3) is 0 Å². The molecule has 0 saturated heterocycles. The predicted molar refractivity (Wildman–Crippen MR) is 119 cm³/mol. The van der Waals surface area contributed by atoms with Crippen molar-refractivity contribution in [3.8, 4) is 11.5 Å². The van der Waals surface area contributed by atoms with Gasteiger partial charge in [-0.2, -0.15) is 0 Å². The van der Waals surface area contributed by atoms with Crippen LogP contribution in [-0.2, 0) is 6.54 Å². The zero-order chi connectivity index (χ0) is 20.5. The minimum atomic E-state index is 0.430. The van der Waals surface area contributed by atoms with Crippen LogP contribution in [0.1, 0.15) is 34.6 Å². The molecule has 0 spiro atoms. The highest BCUT2D eigenvalue weighted by molar-refractivity contribution is 6.06. The Hall–Kier alpha value is -2.82. The van der Waals surface area contributed by atoms with E-state index < -0.39 is 0 Å². The van der Waals surface area contributed by atoms with E-state index in [-0.39, 0.29) is 0 Å². The third-order valence-corrected chi connectivity index (χ3v) is 4.88. The van der Waals surface area contributed by atoms with Crippen molar-refractivity contribution in [2.45, 2.75) is 41.2 Å². The molecule has 0 saturated carbocycles. The molecule has 4 aromatic rings. The Kier molecular flexibility index (Phi) is 5.31. The maximum Gasteiger partial charge on any atom is 0.163 e. The lowest BCUT2D eigenvalue weighted by molar-refractivity contribution is 0.230. The number of rotatable bonds is 7. The summed E-state index contributed by atoms with van der Waals surface area (Å²) in [6.45, 7) is 12.8. The average molecular weight is 392 g/mol. The van der Waals surface area contributed by atoms with Crippen molar-refractivity contribution in [2.75, 3.05) is 13.2 Å². The molecular weight excluding hydrogens is 362 g/mol. The summed E-state index contributed by atoms with van der Waals surface area (Å²) in [6.07, 6.45) is 0. The van der Waals surface area contributed by atoms with Gasteiger partial charge in [-0.15, -0.1) is 0 Å². The van der Waals surface area contributed by atoms with Gasteiger partial charge < -0.3 is 14.0 Å². The van der Waals surface area contributed by atoms with Crippen LogP contribution < -0.4 is 9.47 Å². The molecule has 152 valence electrons. The lowest BCUT2D eigenvalue weighted by Gasteiger charge is -2.16. The lowest BCUT2D eigenvalue weighted by Crippen LogP contribution is -2.09. The van der Waals surface area contributed by atoms with Crippen LogP contribution in [0.25, 0.3) is 33.1 Å². The molecule has 2 heterocycles. The zero-order valence-electron chi connectivity index (χ0n) is 17.9. The maximum absolute atomic E-state index is 6.07. The van der Waals surface area contributed by atoms with Crippen LogP contribution in [0.4, 0.5) is 0 Å². The highest BCUT2D eigenvalue weighted by Crippen LogP contribution is 2.34. The average Bonchev–Trinajstić information content (AvgIpc) is 3.01. The van der Waals surface area contributed by atoms with Crippen LogP contribution in [0, 0.1) is 11.8 Å². The summed E-state index contributed by atoms with van der Waals surface area (Å²) >= 11 is 0. The fourth-order valence-electron chi connectivity index (χ4n) is 3.51. The summed E-state index contributed by atoms with van der Waals surface area (Å²) in [5.74, 6) is 2.33. The van der Waals surface area contributed by atoms with Gasteiger partial charge in [0.05, 0.1) is 29.8 Å². The second kappa shape index (κ2) is 7.90.